The summed E-state index contributed by atoms with van der Waals surface area (Å²) in [5.74, 6) is 0.569. The number of rotatable bonds is 3. The van der Waals surface area contributed by atoms with Gasteiger partial charge in [0.05, 0.1) is 6.10 Å². The van der Waals surface area contributed by atoms with Crippen molar-refractivity contribution in [1.82, 2.24) is 0 Å². The molecule has 0 fully saturated rings. The molecule has 2 atom stereocenters. The van der Waals surface area contributed by atoms with Gasteiger partial charge in [-0.1, -0.05) is 24.3 Å². The van der Waals surface area contributed by atoms with E-state index in [2.05, 4.69) is 12.1 Å². The number of fused-ring (bicyclic) bond motifs is 1. The third-order valence-electron chi connectivity index (χ3n) is 3.08. The third kappa shape index (κ3) is 1.95. The average molecular weight is 204 g/mol. The van der Waals surface area contributed by atoms with Crippen molar-refractivity contribution in [3.05, 3.63) is 35.4 Å². The van der Waals surface area contributed by atoms with Crippen LogP contribution in [-0.2, 0) is 16.0 Å². The molecule has 1 aromatic rings. The summed E-state index contributed by atoms with van der Waals surface area (Å²) in [6.07, 6.45) is 1.69. The lowest BCUT2D eigenvalue weighted by Gasteiger charge is -2.17. The molecule has 0 spiro atoms. The minimum absolute atomic E-state index is 0.102. The minimum atomic E-state index is 0.102. The van der Waals surface area contributed by atoms with E-state index in [1.165, 1.54) is 11.1 Å². The Morgan fingerprint density at radius 3 is 2.87 bits per heavy atom. The summed E-state index contributed by atoms with van der Waals surface area (Å²) in [7, 11) is 1.72. The monoisotopic (exact) mass is 204 g/mol. The number of hydrogen-bond acceptors (Lipinski definition) is 2. The number of carbonyl (C=O) groups excluding carboxylic acids is 1. The normalized spacial score (nSPS) is 23.9. The molecule has 1 aliphatic carbocycles. The van der Waals surface area contributed by atoms with Crippen molar-refractivity contribution in [2.75, 3.05) is 7.11 Å². The van der Waals surface area contributed by atoms with Crippen LogP contribution in [0.25, 0.3) is 0 Å². The van der Waals surface area contributed by atoms with Gasteiger partial charge in [-0.2, -0.15) is 0 Å². The van der Waals surface area contributed by atoms with Crippen LogP contribution in [0.5, 0.6) is 0 Å². The number of ether oxygens (including phenoxy) is 1. The van der Waals surface area contributed by atoms with Gasteiger partial charge in [0, 0.05) is 19.4 Å². The molecule has 80 valence electrons. The molecule has 2 heteroatoms. The first-order valence-electron chi connectivity index (χ1n) is 5.32. The molecule has 0 aromatic heterocycles. The van der Waals surface area contributed by atoms with Gasteiger partial charge in [0.2, 0.25) is 0 Å². The SMILES string of the molecule is CO[C@H]1c2ccccc2C[C@H]1CC(C)=O. The third-order valence-corrected chi connectivity index (χ3v) is 3.08. The summed E-state index contributed by atoms with van der Waals surface area (Å²) in [6, 6.07) is 8.30. The zero-order chi connectivity index (χ0) is 10.8. The van der Waals surface area contributed by atoms with Gasteiger partial charge in [-0.25, -0.2) is 0 Å². The second kappa shape index (κ2) is 4.15. The van der Waals surface area contributed by atoms with Crippen molar-refractivity contribution in [3.8, 4) is 0 Å². The van der Waals surface area contributed by atoms with Gasteiger partial charge in [-0.3, -0.25) is 0 Å². The Hall–Kier alpha value is -1.15. The molecule has 0 unspecified atom stereocenters. The van der Waals surface area contributed by atoms with Gasteiger partial charge in [0.1, 0.15) is 5.78 Å². The molecule has 2 rings (SSSR count). The first-order chi connectivity index (χ1) is 7.22. The zero-order valence-corrected chi connectivity index (χ0v) is 9.19. The van der Waals surface area contributed by atoms with Crippen LogP contribution in [0.1, 0.15) is 30.6 Å². The van der Waals surface area contributed by atoms with E-state index in [0.29, 0.717) is 12.3 Å². The molecule has 0 heterocycles. The van der Waals surface area contributed by atoms with Gasteiger partial charge in [0.25, 0.3) is 0 Å². The number of methoxy groups -OCH3 is 1. The highest BCUT2D eigenvalue weighted by Crippen LogP contribution is 2.39. The van der Waals surface area contributed by atoms with Crippen LogP contribution in [0.4, 0.5) is 0 Å². The van der Waals surface area contributed by atoms with Gasteiger partial charge < -0.3 is 9.53 Å². The van der Waals surface area contributed by atoms with E-state index >= 15 is 0 Å². The van der Waals surface area contributed by atoms with Crippen molar-refractivity contribution in [2.24, 2.45) is 5.92 Å². The van der Waals surface area contributed by atoms with Gasteiger partial charge in [-0.15, -0.1) is 0 Å². The fourth-order valence-electron chi connectivity index (χ4n) is 2.51. The highest BCUT2D eigenvalue weighted by atomic mass is 16.5. The first kappa shape index (κ1) is 10.4. The van der Waals surface area contributed by atoms with Gasteiger partial charge >= 0.3 is 0 Å². The topological polar surface area (TPSA) is 26.3 Å². The maximum Gasteiger partial charge on any atom is 0.130 e. The molecule has 0 bridgehead atoms. The standard InChI is InChI=1S/C13H16O2/c1-9(14)7-11-8-10-5-3-4-6-12(10)13(11)15-2/h3-6,11,13H,7-8H2,1-2H3/t11-,13-/m1/s1. The Morgan fingerprint density at radius 2 is 2.20 bits per heavy atom. The molecule has 0 N–H and O–H groups in total. The summed E-state index contributed by atoms with van der Waals surface area (Å²) >= 11 is 0. The number of ketones is 1. The smallest absolute Gasteiger partial charge is 0.130 e. The van der Waals surface area contributed by atoms with Crippen molar-refractivity contribution in [1.29, 1.82) is 0 Å². The van der Waals surface area contributed by atoms with Crippen LogP contribution >= 0.6 is 0 Å². The first-order valence-corrected chi connectivity index (χ1v) is 5.32. The highest BCUT2D eigenvalue weighted by molar-refractivity contribution is 5.76. The number of hydrogen-bond donors (Lipinski definition) is 0. The summed E-state index contributed by atoms with van der Waals surface area (Å²) in [4.78, 5) is 11.2. The Bertz CT molecular complexity index is 371. The minimum Gasteiger partial charge on any atom is -0.376 e. The second-order valence-corrected chi connectivity index (χ2v) is 4.23. The quantitative estimate of drug-likeness (QED) is 0.756. The van der Waals surface area contributed by atoms with E-state index in [9.17, 15) is 4.79 Å². The molecule has 2 nitrogen and oxygen atoms in total. The lowest BCUT2D eigenvalue weighted by Crippen LogP contribution is -2.13. The molecule has 0 amide bonds. The fourth-order valence-corrected chi connectivity index (χ4v) is 2.51. The molecular weight excluding hydrogens is 188 g/mol. The molecule has 0 aliphatic heterocycles. The Balaban J connectivity index is 2.24. The van der Waals surface area contributed by atoms with E-state index in [4.69, 9.17) is 4.74 Å². The molecule has 0 saturated heterocycles. The Morgan fingerprint density at radius 1 is 1.47 bits per heavy atom. The average Bonchev–Trinajstić information content (AvgIpc) is 2.53. The Labute approximate surface area is 90.3 Å². The molecule has 1 aromatic carbocycles. The maximum absolute atomic E-state index is 11.2. The zero-order valence-electron chi connectivity index (χ0n) is 9.19. The van der Waals surface area contributed by atoms with E-state index in [-0.39, 0.29) is 11.9 Å². The summed E-state index contributed by atoms with van der Waals surface area (Å²) < 4.78 is 5.50. The van der Waals surface area contributed by atoms with Gasteiger partial charge in [-0.05, 0) is 24.5 Å². The summed E-state index contributed by atoms with van der Waals surface area (Å²) in [6.45, 7) is 1.65. The molecular formula is C13H16O2. The van der Waals surface area contributed by atoms with Crippen molar-refractivity contribution in [2.45, 2.75) is 25.9 Å². The van der Waals surface area contributed by atoms with E-state index in [0.717, 1.165) is 6.42 Å². The predicted octanol–water partition coefficient (Wildman–Crippen LogP) is 2.53. The van der Waals surface area contributed by atoms with Crippen LogP contribution in [0.3, 0.4) is 0 Å². The number of carbonyl (C=O) groups is 1. The molecule has 15 heavy (non-hydrogen) atoms. The maximum atomic E-state index is 11.2. The van der Waals surface area contributed by atoms with E-state index in [1.807, 2.05) is 12.1 Å². The van der Waals surface area contributed by atoms with Crippen LogP contribution in [0, 0.1) is 5.92 Å². The summed E-state index contributed by atoms with van der Waals surface area (Å²) in [5, 5.41) is 0. The Kier molecular flexibility index (Phi) is 2.87. The molecule has 0 radical (unpaired) electrons. The van der Waals surface area contributed by atoms with Crippen LogP contribution in [0.15, 0.2) is 24.3 Å². The number of Topliss-reactive ketones (excluding diaryl/α,β-unsaturated/α-hetero) is 1. The predicted molar refractivity (Wildman–Crippen MR) is 58.7 cm³/mol. The lowest BCUT2D eigenvalue weighted by atomic mass is 9.97. The molecule has 0 saturated carbocycles. The highest BCUT2D eigenvalue weighted by Gasteiger charge is 2.32. The number of benzene rings is 1. The van der Waals surface area contributed by atoms with Crippen LogP contribution in [0.2, 0.25) is 0 Å². The van der Waals surface area contributed by atoms with Crippen molar-refractivity contribution < 1.29 is 9.53 Å². The lowest BCUT2D eigenvalue weighted by molar-refractivity contribution is -0.118. The van der Waals surface area contributed by atoms with E-state index < -0.39 is 0 Å². The van der Waals surface area contributed by atoms with Crippen molar-refractivity contribution >= 4 is 5.78 Å². The van der Waals surface area contributed by atoms with E-state index in [1.54, 1.807) is 14.0 Å². The molecule has 1 aliphatic rings. The largest absolute Gasteiger partial charge is 0.376 e. The van der Waals surface area contributed by atoms with Crippen LogP contribution < -0.4 is 0 Å². The van der Waals surface area contributed by atoms with Crippen molar-refractivity contribution in [3.63, 3.8) is 0 Å². The second-order valence-electron chi connectivity index (χ2n) is 4.23. The fraction of sp³-hybridized carbons (Fsp3) is 0.462. The van der Waals surface area contributed by atoms with Crippen LogP contribution in [-0.4, -0.2) is 12.9 Å². The van der Waals surface area contributed by atoms with Gasteiger partial charge in [0.15, 0.2) is 0 Å². The summed E-state index contributed by atoms with van der Waals surface area (Å²) in [5.41, 5.74) is 2.59.